The molecule has 18 heavy (non-hydrogen) atoms. The highest BCUT2D eigenvalue weighted by Gasteiger charge is 2.49. The normalized spacial score (nSPS) is 22.7. The summed E-state index contributed by atoms with van der Waals surface area (Å²) in [7, 11) is 0. The molecular formula is C15H19NO2. The molecule has 1 aromatic carbocycles. The summed E-state index contributed by atoms with van der Waals surface area (Å²) in [6, 6.07) is 8.30. The van der Waals surface area contributed by atoms with E-state index in [1.807, 2.05) is 6.20 Å². The van der Waals surface area contributed by atoms with Crippen molar-refractivity contribution in [2.45, 2.75) is 45.2 Å². The van der Waals surface area contributed by atoms with E-state index in [0.29, 0.717) is 0 Å². The minimum absolute atomic E-state index is 0.283. The van der Waals surface area contributed by atoms with Gasteiger partial charge in [0.05, 0.1) is 11.2 Å². The van der Waals surface area contributed by atoms with E-state index < -0.39 is 0 Å². The molecule has 0 radical (unpaired) electrons. The maximum atomic E-state index is 6.04. The highest BCUT2D eigenvalue weighted by Crippen LogP contribution is 2.44. The lowest BCUT2D eigenvalue weighted by atomic mass is 9.90. The van der Waals surface area contributed by atoms with Crippen molar-refractivity contribution in [1.29, 1.82) is 0 Å². The minimum Gasteiger partial charge on any atom is -0.361 e. The molecule has 3 nitrogen and oxygen atoms in total. The average molecular weight is 245 g/mol. The molecule has 1 aromatic heterocycles. The zero-order chi connectivity index (χ0) is 13.0. The summed E-state index contributed by atoms with van der Waals surface area (Å²) in [6.07, 6.45) is 1.66. The van der Waals surface area contributed by atoms with Gasteiger partial charge in [-0.2, -0.15) is 0 Å². The third-order valence-corrected chi connectivity index (χ3v) is 4.10. The van der Waals surface area contributed by atoms with Crippen molar-refractivity contribution in [3.05, 3.63) is 36.0 Å². The number of nitrogens with one attached hydrogen (secondary N) is 1. The van der Waals surface area contributed by atoms with Crippen LogP contribution in [0.3, 0.4) is 0 Å². The van der Waals surface area contributed by atoms with Gasteiger partial charge in [0.1, 0.15) is 0 Å². The molecule has 1 fully saturated rings. The number of benzene rings is 1. The van der Waals surface area contributed by atoms with Gasteiger partial charge in [-0.15, -0.1) is 0 Å². The van der Waals surface area contributed by atoms with E-state index in [1.54, 1.807) is 0 Å². The van der Waals surface area contributed by atoms with Crippen molar-refractivity contribution < 1.29 is 9.47 Å². The first-order chi connectivity index (χ1) is 8.39. The van der Waals surface area contributed by atoms with E-state index in [9.17, 15) is 0 Å². The lowest BCUT2D eigenvalue weighted by Gasteiger charge is -2.30. The van der Waals surface area contributed by atoms with Gasteiger partial charge in [-0.25, -0.2) is 0 Å². The van der Waals surface area contributed by atoms with E-state index in [2.05, 4.69) is 56.9 Å². The monoisotopic (exact) mass is 245 g/mol. The first-order valence-electron chi connectivity index (χ1n) is 6.32. The maximum Gasteiger partial charge on any atom is 0.185 e. The Kier molecular flexibility index (Phi) is 2.34. The number of ether oxygens (including phenoxy) is 2. The van der Waals surface area contributed by atoms with Crippen LogP contribution < -0.4 is 0 Å². The topological polar surface area (TPSA) is 34.2 Å². The lowest BCUT2D eigenvalue weighted by Crippen LogP contribution is -2.41. The van der Waals surface area contributed by atoms with Crippen LogP contribution in [0.5, 0.6) is 0 Å². The smallest absolute Gasteiger partial charge is 0.185 e. The lowest BCUT2D eigenvalue weighted by molar-refractivity contribution is -0.0894. The number of hydrogen-bond acceptors (Lipinski definition) is 2. The number of hydrogen-bond donors (Lipinski definition) is 1. The summed E-state index contributed by atoms with van der Waals surface area (Å²) in [4.78, 5) is 3.19. The number of aromatic amines is 1. The molecule has 0 atom stereocenters. The van der Waals surface area contributed by atoms with Gasteiger partial charge in [0.2, 0.25) is 0 Å². The van der Waals surface area contributed by atoms with Gasteiger partial charge in [-0.05, 0) is 51.3 Å². The average Bonchev–Trinajstić information content (AvgIpc) is 2.80. The Morgan fingerprint density at radius 2 is 1.67 bits per heavy atom. The van der Waals surface area contributed by atoms with Crippen LogP contribution in [-0.4, -0.2) is 16.2 Å². The molecule has 0 unspecified atom stereocenters. The first kappa shape index (κ1) is 11.8. The number of aromatic nitrogens is 1. The van der Waals surface area contributed by atoms with Crippen LogP contribution in [-0.2, 0) is 9.47 Å². The second-order valence-corrected chi connectivity index (χ2v) is 5.91. The van der Waals surface area contributed by atoms with Crippen LogP contribution in [0.15, 0.2) is 30.5 Å². The Bertz CT molecular complexity index is 567. The van der Waals surface area contributed by atoms with Gasteiger partial charge in [-0.1, -0.05) is 6.07 Å². The van der Waals surface area contributed by atoms with Crippen molar-refractivity contribution >= 4 is 10.9 Å². The molecule has 0 amide bonds. The second kappa shape index (κ2) is 3.59. The molecule has 1 aliphatic rings. The van der Waals surface area contributed by atoms with Gasteiger partial charge >= 0.3 is 0 Å². The summed E-state index contributed by atoms with van der Waals surface area (Å²) < 4.78 is 12.1. The number of fused-ring (bicyclic) bond motifs is 1. The largest absolute Gasteiger partial charge is 0.361 e. The van der Waals surface area contributed by atoms with Crippen LogP contribution in [0, 0.1) is 0 Å². The van der Waals surface area contributed by atoms with Crippen molar-refractivity contribution in [3.8, 4) is 0 Å². The molecule has 0 aliphatic carbocycles. The van der Waals surface area contributed by atoms with Crippen LogP contribution in [0.2, 0.25) is 0 Å². The molecule has 1 N–H and O–H groups in total. The Hall–Kier alpha value is -1.32. The van der Waals surface area contributed by atoms with Crippen LogP contribution in [0.4, 0.5) is 0 Å². The van der Waals surface area contributed by atoms with Gasteiger partial charge in [0, 0.05) is 17.3 Å². The molecule has 0 bridgehead atoms. The van der Waals surface area contributed by atoms with Crippen LogP contribution >= 0.6 is 0 Å². The number of rotatable bonds is 1. The summed E-state index contributed by atoms with van der Waals surface area (Å²) in [5, 5.41) is 1.18. The molecule has 0 spiro atoms. The van der Waals surface area contributed by atoms with Crippen molar-refractivity contribution in [2.24, 2.45) is 0 Å². The van der Waals surface area contributed by atoms with Gasteiger partial charge < -0.3 is 14.5 Å². The zero-order valence-electron chi connectivity index (χ0n) is 11.3. The Labute approximate surface area is 107 Å². The highest BCUT2D eigenvalue weighted by molar-refractivity contribution is 5.79. The van der Waals surface area contributed by atoms with Crippen LogP contribution in [0.25, 0.3) is 10.9 Å². The zero-order valence-corrected chi connectivity index (χ0v) is 11.3. The Morgan fingerprint density at radius 1 is 1.00 bits per heavy atom. The fourth-order valence-corrected chi connectivity index (χ4v) is 2.20. The highest BCUT2D eigenvalue weighted by atomic mass is 16.7. The standard InChI is InChI=1S/C15H19NO2/c1-14(2)15(3,4)18-13(17-14)11-5-6-12-10(9-11)7-8-16-12/h5-9,13,16H,1-4H3. The van der Waals surface area contributed by atoms with E-state index in [-0.39, 0.29) is 17.5 Å². The molecule has 1 saturated heterocycles. The quantitative estimate of drug-likeness (QED) is 0.829. The Balaban J connectivity index is 1.96. The Morgan fingerprint density at radius 3 is 2.33 bits per heavy atom. The fourth-order valence-electron chi connectivity index (χ4n) is 2.20. The molecule has 96 valence electrons. The van der Waals surface area contributed by atoms with Crippen LogP contribution in [0.1, 0.15) is 39.5 Å². The summed E-state index contributed by atoms with van der Waals surface area (Å²) in [5.41, 5.74) is 1.63. The third-order valence-electron chi connectivity index (χ3n) is 4.10. The molecular weight excluding hydrogens is 226 g/mol. The van der Waals surface area contributed by atoms with Gasteiger partial charge in [0.15, 0.2) is 6.29 Å². The molecule has 3 rings (SSSR count). The third kappa shape index (κ3) is 1.66. The first-order valence-corrected chi connectivity index (χ1v) is 6.32. The van der Waals surface area contributed by atoms with Crippen molar-refractivity contribution in [1.82, 2.24) is 4.98 Å². The number of H-pyrrole nitrogens is 1. The summed E-state index contributed by atoms with van der Waals surface area (Å²) >= 11 is 0. The van der Waals surface area contributed by atoms with E-state index in [0.717, 1.165) is 11.1 Å². The maximum absolute atomic E-state index is 6.04. The second-order valence-electron chi connectivity index (χ2n) is 5.91. The van der Waals surface area contributed by atoms with Gasteiger partial charge in [0.25, 0.3) is 0 Å². The molecule has 0 saturated carbocycles. The van der Waals surface area contributed by atoms with E-state index in [1.165, 1.54) is 5.39 Å². The molecule has 3 heteroatoms. The SMILES string of the molecule is CC1(C)OC(c2ccc3[nH]ccc3c2)OC1(C)C. The van der Waals surface area contributed by atoms with E-state index >= 15 is 0 Å². The summed E-state index contributed by atoms with van der Waals surface area (Å²) in [5.74, 6) is 0. The molecule has 2 aromatic rings. The van der Waals surface area contributed by atoms with Crippen molar-refractivity contribution in [3.63, 3.8) is 0 Å². The molecule has 2 heterocycles. The van der Waals surface area contributed by atoms with E-state index in [4.69, 9.17) is 9.47 Å². The predicted molar refractivity (Wildman–Crippen MR) is 71.4 cm³/mol. The predicted octanol–water partition coefficient (Wildman–Crippen LogP) is 3.77. The van der Waals surface area contributed by atoms with Crippen molar-refractivity contribution in [2.75, 3.05) is 0 Å². The molecule has 1 aliphatic heterocycles. The fraction of sp³-hybridized carbons (Fsp3) is 0.467. The minimum atomic E-state index is -0.287. The van der Waals surface area contributed by atoms with Gasteiger partial charge in [-0.3, -0.25) is 0 Å². The summed E-state index contributed by atoms with van der Waals surface area (Å²) in [6.45, 7) is 8.29.